The second-order valence-electron chi connectivity index (χ2n) is 4.02. The van der Waals surface area contributed by atoms with Gasteiger partial charge in [-0.1, -0.05) is 6.92 Å². The van der Waals surface area contributed by atoms with Gasteiger partial charge in [0.1, 0.15) is 16.7 Å². The average molecular weight is 223 g/mol. The molecule has 0 aliphatic heterocycles. The molecule has 15 heavy (non-hydrogen) atoms. The summed E-state index contributed by atoms with van der Waals surface area (Å²) < 4.78 is 0. The second kappa shape index (κ2) is 4.39. The zero-order chi connectivity index (χ0) is 10.8. The summed E-state index contributed by atoms with van der Waals surface area (Å²) >= 11 is 1.79. The maximum Gasteiger partial charge on any atom is 0.135 e. The minimum Gasteiger partial charge on any atom is -0.383 e. The van der Waals surface area contributed by atoms with Gasteiger partial charge in [-0.2, -0.15) is 0 Å². The van der Waals surface area contributed by atoms with Gasteiger partial charge in [-0.05, 0) is 31.9 Å². The molecule has 2 N–H and O–H groups in total. The number of nitrogens with zero attached hydrogens (tertiary/aromatic N) is 2. The van der Waals surface area contributed by atoms with E-state index in [9.17, 15) is 0 Å². The van der Waals surface area contributed by atoms with Crippen molar-refractivity contribution < 1.29 is 0 Å². The average Bonchev–Trinajstić information content (AvgIpc) is 3.03. The zero-order valence-corrected chi connectivity index (χ0v) is 10.1. The molecular formula is C11H17N3S. The van der Waals surface area contributed by atoms with Crippen molar-refractivity contribution in [3.8, 4) is 0 Å². The molecule has 82 valence electrons. The predicted octanol–water partition coefficient (Wildman–Crippen LogP) is 2.75. The molecule has 1 fully saturated rings. The van der Waals surface area contributed by atoms with Crippen LogP contribution < -0.4 is 5.73 Å². The van der Waals surface area contributed by atoms with Gasteiger partial charge in [0.25, 0.3) is 0 Å². The van der Waals surface area contributed by atoms with Crippen molar-refractivity contribution in [3.05, 3.63) is 11.4 Å². The van der Waals surface area contributed by atoms with Gasteiger partial charge < -0.3 is 5.73 Å². The van der Waals surface area contributed by atoms with Crippen molar-refractivity contribution in [2.75, 3.05) is 11.5 Å². The molecule has 0 radical (unpaired) electrons. The lowest BCUT2D eigenvalue weighted by Crippen LogP contribution is -2.03. The van der Waals surface area contributed by atoms with Crippen LogP contribution in [0.25, 0.3) is 0 Å². The summed E-state index contributed by atoms with van der Waals surface area (Å²) in [6.07, 6.45) is 3.60. The Morgan fingerprint density at radius 3 is 2.73 bits per heavy atom. The molecule has 0 aromatic carbocycles. The minimum absolute atomic E-state index is 0.578. The Kier molecular flexibility index (Phi) is 3.14. The Morgan fingerprint density at radius 2 is 2.13 bits per heavy atom. The molecule has 0 bridgehead atoms. The SMILES string of the molecule is CCCSc1nc(C2CC2)nc(N)c1C. The highest BCUT2D eigenvalue weighted by molar-refractivity contribution is 7.99. The highest BCUT2D eigenvalue weighted by Crippen LogP contribution is 2.39. The molecular weight excluding hydrogens is 206 g/mol. The number of hydrogen-bond donors (Lipinski definition) is 1. The van der Waals surface area contributed by atoms with Crippen LogP contribution in [0.3, 0.4) is 0 Å². The van der Waals surface area contributed by atoms with Gasteiger partial charge in [0.15, 0.2) is 0 Å². The molecule has 0 saturated heterocycles. The van der Waals surface area contributed by atoms with Gasteiger partial charge in [0, 0.05) is 11.5 Å². The smallest absolute Gasteiger partial charge is 0.135 e. The lowest BCUT2D eigenvalue weighted by molar-refractivity contribution is 0.867. The Morgan fingerprint density at radius 1 is 1.40 bits per heavy atom. The van der Waals surface area contributed by atoms with Crippen LogP contribution in [-0.4, -0.2) is 15.7 Å². The Bertz CT molecular complexity index is 361. The maximum absolute atomic E-state index is 5.89. The first-order chi connectivity index (χ1) is 7.22. The number of rotatable bonds is 4. The first kappa shape index (κ1) is 10.7. The van der Waals surface area contributed by atoms with Crippen LogP contribution in [0.5, 0.6) is 0 Å². The molecule has 1 aromatic rings. The number of thioether (sulfide) groups is 1. The zero-order valence-electron chi connectivity index (χ0n) is 9.29. The third-order valence-electron chi connectivity index (χ3n) is 2.54. The number of hydrogen-bond acceptors (Lipinski definition) is 4. The summed E-state index contributed by atoms with van der Waals surface area (Å²) in [6, 6.07) is 0. The summed E-state index contributed by atoms with van der Waals surface area (Å²) in [5, 5.41) is 1.08. The van der Waals surface area contributed by atoms with Crippen LogP contribution in [0, 0.1) is 6.92 Å². The third-order valence-corrected chi connectivity index (χ3v) is 3.82. The maximum atomic E-state index is 5.89. The fourth-order valence-electron chi connectivity index (χ4n) is 1.39. The number of nitrogen functional groups attached to an aromatic ring is 1. The highest BCUT2D eigenvalue weighted by Gasteiger charge is 2.27. The third kappa shape index (κ3) is 2.43. The summed E-state index contributed by atoms with van der Waals surface area (Å²) in [7, 11) is 0. The molecule has 4 heteroatoms. The van der Waals surface area contributed by atoms with E-state index < -0.39 is 0 Å². The highest BCUT2D eigenvalue weighted by atomic mass is 32.2. The lowest BCUT2D eigenvalue weighted by atomic mass is 10.3. The summed E-state index contributed by atoms with van der Waals surface area (Å²) in [6.45, 7) is 4.18. The van der Waals surface area contributed by atoms with E-state index in [4.69, 9.17) is 5.73 Å². The first-order valence-electron chi connectivity index (χ1n) is 5.49. The van der Waals surface area contributed by atoms with E-state index in [0.717, 1.165) is 28.6 Å². The molecule has 0 unspecified atom stereocenters. The molecule has 1 aromatic heterocycles. The predicted molar refractivity (Wildman–Crippen MR) is 64.2 cm³/mol. The molecule has 1 heterocycles. The Labute approximate surface area is 94.9 Å². The van der Waals surface area contributed by atoms with Crippen molar-refractivity contribution in [1.82, 2.24) is 9.97 Å². The quantitative estimate of drug-likeness (QED) is 0.630. The molecule has 1 saturated carbocycles. The van der Waals surface area contributed by atoms with E-state index in [1.165, 1.54) is 12.8 Å². The van der Waals surface area contributed by atoms with Gasteiger partial charge in [0.05, 0.1) is 0 Å². The van der Waals surface area contributed by atoms with E-state index in [-0.39, 0.29) is 0 Å². The van der Waals surface area contributed by atoms with E-state index in [1.54, 1.807) is 11.8 Å². The fourth-order valence-corrected chi connectivity index (χ4v) is 2.27. The Balaban J connectivity index is 2.25. The van der Waals surface area contributed by atoms with E-state index in [0.29, 0.717) is 11.7 Å². The van der Waals surface area contributed by atoms with Crippen LogP contribution >= 0.6 is 11.8 Å². The fraction of sp³-hybridized carbons (Fsp3) is 0.636. The standard InChI is InChI=1S/C11H17N3S/c1-3-6-15-11-7(2)9(12)13-10(14-11)8-4-5-8/h8H,3-6H2,1-2H3,(H2,12,13,14). The van der Waals surface area contributed by atoms with Crippen molar-refractivity contribution in [1.29, 1.82) is 0 Å². The molecule has 0 spiro atoms. The number of anilines is 1. The van der Waals surface area contributed by atoms with Gasteiger partial charge >= 0.3 is 0 Å². The summed E-state index contributed by atoms with van der Waals surface area (Å²) in [5.74, 6) is 3.29. The van der Waals surface area contributed by atoms with E-state index in [2.05, 4.69) is 16.9 Å². The first-order valence-corrected chi connectivity index (χ1v) is 6.47. The monoisotopic (exact) mass is 223 g/mol. The van der Waals surface area contributed by atoms with Crippen LogP contribution in [-0.2, 0) is 0 Å². The van der Waals surface area contributed by atoms with Gasteiger partial charge in [-0.15, -0.1) is 11.8 Å². The van der Waals surface area contributed by atoms with Crippen LogP contribution in [0.15, 0.2) is 5.03 Å². The normalized spacial score (nSPS) is 15.6. The number of aromatic nitrogens is 2. The van der Waals surface area contributed by atoms with Gasteiger partial charge in [0.2, 0.25) is 0 Å². The molecule has 1 aliphatic rings. The molecule has 3 nitrogen and oxygen atoms in total. The molecule has 0 amide bonds. The van der Waals surface area contributed by atoms with Crippen LogP contribution in [0.4, 0.5) is 5.82 Å². The van der Waals surface area contributed by atoms with E-state index >= 15 is 0 Å². The van der Waals surface area contributed by atoms with Crippen LogP contribution in [0.1, 0.15) is 43.5 Å². The second-order valence-corrected chi connectivity index (χ2v) is 5.10. The topological polar surface area (TPSA) is 51.8 Å². The van der Waals surface area contributed by atoms with Crippen molar-refractivity contribution >= 4 is 17.6 Å². The lowest BCUT2D eigenvalue weighted by Gasteiger charge is -2.08. The van der Waals surface area contributed by atoms with Crippen LogP contribution in [0.2, 0.25) is 0 Å². The van der Waals surface area contributed by atoms with Crippen molar-refractivity contribution in [2.45, 2.75) is 44.1 Å². The number of nitrogens with two attached hydrogens (primary N) is 1. The molecule has 0 atom stereocenters. The Hall–Kier alpha value is -0.770. The molecule has 1 aliphatic carbocycles. The molecule has 2 rings (SSSR count). The summed E-state index contributed by atoms with van der Waals surface area (Å²) in [5.41, 5.74) is 6.93. The summed E-state index contributed by atoms with van der Waals surface area (Å²) in [4.78, 5) is 8.96. The van der Waals surface area contributed by atoms with Gasteiger partial charge in [-0.3, -0.25) is 0 Å². The van der Waals surface area contributed by atoms with Crippen molar-refractivity contribution in [3.63, 3.8) is 0 Å². The van der Waals surface area contributed by atoms with E-state index in [1.807, 2.05) is 6.92 Å². The minimum atomic E-state index is 0.578. The largest absolute Gasteiger partial charge is 0.383 e. The van der Waals surface area contributed by atoms with Gasteiger partial charge in [-0.25, -0.2) is 9.97 Å². The van der Waals surface area contributed by atoms with Crippen molar-refractivity contribution in [2.24, 2.45) is 0 Å².